The molecule has 1 aromatic carbocycles. The summed E-state index contributed by atoms with van der Waals surface area (Å²) in [6.45, 7) is 2.04. The van der Waals surface area contributed by atoms with Gasteiger partial charge in [0.25, 0.3) is 0 Å². The predicted molar refractivity (Wildman–Crippen MR) is 73.5 cm³/mol. The van der Waals surface area contributed by atoms with Gasteiger partial charge in [0.2, 0.25) is 0 Å². The zero-order chi connectivity index (χ0) is 13.0. The van der Waals surface area contributed by atoms with Crippen molar-refractivity contribution in [3.63, 3.8) is 0 Å². The van der Waals surface area contributed by atoms with E-state index in [0.29, 0.717) is 16.4 Å². The number of thioether (sulfide) groups is 1. The van der Waals surface area contributed by atoms with Crippen LogP contribution in [-0.4, -0.2) is 22.7 Å². The summed E-state index contributed by atoms with van der Waals surface area (Å²) in [5, 5.41) is 16.5. The Kier molecular flexibility index (Phi) is 3.80. The lowest BCUT2D eigenvalue weighted by atomic mass is 10.2. The summed E-state index contributed by atoms with van der Waals surface area (Å²) in [6, 6.07) is 10.1. The van der Waals surface area contributed by atoms with E-state index in [1.54, 1.807) is 6.21 Å². The Morgan fingerprint density at radius 1 is 1.39 bits per heavy atom. The summed E-state index contributed by atoms with van der Waals surface area (Å²) in [6.07, 6.45) is 3.60. The molecule has 90 valence electrons. The lowest BCUT2D eigenvalue weighted by molar-refractivity contribution is 1.00. The van der Waals surface area contributed by atoms with Gasteiger partial charge in [-0.05, 0) is 18.7 Å². The van der Waals surface area contributed by atoms with Crippen LogP contribution in [0.4, 0.5) is 5.82 Å². The number of benzene rings is 1. The largest absolute Gasteiger partial charge is 0.259 e. The second kappa shape index (κ2) is 5.52. The first-order chi connectivity index (χ1) is 8.74. The summed E-state index contributed by atoms with van der Waals surface area (Å²) >= 11 is 1.43. The maximum atomic E-state index is 9.06. The monoisotopic (exact) mass is 256 g/mol. The van der Waals surface area contributed by atoms with Crippen molar-refractivity contribution < 1.29 is 0 Å². The number of nitrogens with one attached hydrogen (secondary N) is 1. The third kappa shape index (κ3) is 2.60. The summed E-state index contributed by atoms with van der Waals surface area (Å²) in [5.74, 6) is 0.502. The standard InChI is InChI=1S/C13H12N4S/c1-9-3-5-10(6-4-9)8-15-12-11(7-14)13(18-2)17-16-12/h3-6,8H,1-2H3,(H,16,17). The Balaban J connectivity index is 2.26. The molecule has 0 fully saturated rings. The Bertz CT molecular complexity index is 605. The molecule has 4 nitrogen and oxygen atoms in total. The molecule has 0 radical (unpaired) electrons. The van der Waals surface area contributed by atoms with E-state index in [1.165, 1.54) is 17.3 Å². The van der Waals surface area contributed by atoms with Gasteiger partial charge in [0, 0.05) is 6.21 Å². The van der Waals surface area contributed by atoms with E-state index in [1.807, 2.05) is 37.4 Å². The fourth-order valence-electron chi connectivity index (χ4n) is 1.45. The number of hydrogen-bond donors (Lipinski definition) is 1. The van der Waals surface area contributed by atoms with Crippen LogP contribution in [0.5, 0.6) is 0 Å². The molecule has 0 spiro atoms. The molecule has 2 rings (SSSR count). The zero-order valence-electron chi connectivity index (χ0n) is 10.1. The van der Waals surface area contributed by atoms with Crippen molar-refractivity contribution >= 4 is 23.8 Å². The number of nitrogens with zero attached hydrogens (tertiary/aromatic N) is 3. The van der Waals surface area contributed by atoms with Gasteiger partial charge in [-0.25, -0.2) is 4.99 Å². The maximum absolute atomic E-state index is 9.06. The first kappa shape index (κ1) is 12.4. The quantitative estimate of drug-likeness (QED) is 0.678. The van der Waals surface area contributed by atoms with Gasteiger partial charge < -0.3 is 0 Å². The Morgan fingerprint density at radius 3 is 2.72 bits per heavy atom. The third-order valence-corrected chi connectivity index (χ3v) is 3.12. The molecule has 1 aromatic heterocycles. The van der Waals surface area contributed by atoms with E-state index in [2.05, 4.69) is 21.3 Å². The van der Waals surface area contributed by atoms with Gasteiger partial charge in [-0.1, -0.05) is 29.8 Å². The van der Waals surface area contributed by atoms with Crippen LogP contribution in [0.25, 0.3) is 0 Å². The van der Waals surface area contributed by atoms with Crippen molar-refractivity contribution in [3.8, 4) is 6.07 Å². The number of rotatable bonds is 3. The van der Waals surface area contributed by atoms with Crippen molar-refractivity contribution in [2.75, 3.05) is 6.26 Å². The first-order valence-electron chi connectivity index (χ1n) is 5.38. The average Bonchev–Trinajstić information content (AvgIpc) is 2.80. The van der Waals surface area contributed by atoms with Gasteiger partial charge in [-0.2, -0.15) is 10.4 Å². The second-order valence-electron chi connectivity index (χ2n) is 3.74. The lowest BCUT2D eigenvalue weighted by Gasteiger charge is -1.94. The van der Waals surface area contributed by atoms with Crippen molar-refractivity contribution in [2.45, 2.75) is 11.9 Å². The molecule has 0 aliphatic rings. The molecular weight excluding hydrogens is 244 g/mol. The molecule has 0 saturated carbocycles. The molecule has 0 aliphatic carbocycles. The van der Waals surface area contributed by atoms with Crippen LogP contribution in [0.1, 0.15) is 16.7 Å². The number of aromatic nitrogens is 2. The highest BCUT2D eigenvalue weighted by atomic mass is 32.2. The Labute approximate surface area is 110 Å². The molecule has 18 heavy (non-hydrogen) atoms. The first-order valence-corrected chi connectivity index (χ1v) is 6.60. The molecule has 0 amide bonds. The lowest BCUT2D eigenvalue weighted by Crippen LogP contribution is -1.81. The minimum atomic E-state index is 0.492. The number of aliphatic imine (C=N–C) groups is 1. The van der Waals surface area contributed by atoms with Gasteiger partial charge in [-0.3, -0.25) is 5.10 Å². The number of aromatic amines is 1. The number of aryl methyl sites for hydroxylation is 1. The fourth-order valence-corrected chi connectivity index (χ4v) is 1.93. The van der Waals surface area contributed by atoms with Crippen molar-refractivity contribution in [3.05, 3.63) is 41.0 Å². The number of nitriles is 1. The second-order valence-corrected chi connectivity index (χ2v) is 4.53. The zero-order valence-corrected chi connectivity index (χ0v) is 11.0. The van der Waals surface area contributed by atoms with E-state index in [4.69, 9.17) is 5.26 Å². The highest BCUT2D eigenvalue weighted by molar-refractivity contribution is 7.98. The van der Waals surface area contributed by atoms with Crippen molar-refractivity contribution in [2.24, 2.45) is 4.99 Å². The Morgan fingerprint density at radius 2 is 2.11 bits per heavy atom. The van der Waals surface area contributed by atoms with E-state index < -0.39 is 0 Å². The molecule has 0 unspecified atom stereocenters. The van der Waals surface area contributed by atoms with Crippen LogP contribution in [0.2, 0.25) is 0 Å². The van der Waals surface area contributed by atoms with Crippen LogP contribution in [0, 0.1) is 18.3 Å². The molecular formula is C13H12N4S. The highest BCUT2D eigenvalue weighted by Crippen LogP contribution is 2.24. The van der Waals surface area contributed by atoms with Gasteiger partial charge in [0.15, 0.2) is 5.82 Å². The normalized spacial score (nSPS) is 10.7. The Hall–Kier alpha value is -2.06. The van der Waals surface area contributed by atoms with Crippen LogP contribution < -0.4 is 0 Å². The van der Waals surface area contributed by atoms with Crippen LogP contribution in [0.15, 0.2) is 34.3 Å². The highest BCUT2D eigenvalue weighted by Gasteiger charge is 2.10. The summed E-state index contributed by atoms with van der Waals surface area (Å²) < 4.78 is 0. The smallest absolute Gasteiger partial charge is 0.167 e. The van der Waals surface area contributed by atoms with Gasteiger partial charge in [0.1, 0.15) is 16.7 Å². The molecule has 2 aromatic rings. The van der Waals surface area contributed by atoms with Gasteiger partial charge >= 0.3 is 0 Å². The van der Waals surface area contributed by atoms with E-state index in [0.717, 1.165) is 5.56 Å². The van der Waals surface area contributed by atoms with E-state index >= 15 is 0 Å². The summed E-state index contributed by atoms with van der Waals surface area (Å²) in [7, 11) is 0. The van der Waals surface area contributed by atoms with Crippen LogP contribution in [0.3, 0.4) is 0 Å². The molecule has 1 heterocycles. The third-order valence-electron chi connectivity index (χ3n) is 2.44. The van der Waals surface area contributed by atoms with Gasteiger partial charge in [-0.15, -0.1) is 11.8 Å². The van der Waals surface area contributed by atoms with Crippen LogP contribution in [-0.2, 0) is 0 Å². The topological polar surface area (TPSA) is 64.8 Å². The number of hydrogen-bond acceptors (Lipinski definition) is 4. The summed E-state index contributed by atoms with van der Waals surface area (Å²) in [4.78, 5) is 4.27. The fraction of sp³-hybridized carbons (Fsp3) is 0.154. The summed E-state index contributed by atoms with van der Waals surface area (Å²) in [5.41, 5.74) is 2.69. The molecule has 0 bridgehead atoms. The van der Waals surface area contributed by atoms with E-state index in [9.17, 15) is 0 Å². The molecule has 5 heteroatoms. The SMILES string of the molecule is CSc1n[nH]c(N=Cc2ccc(C)cc2)c1C#N. The molecule has 0 saturated heterocycles. The molecule has 1 N–H and O–H groups in total. The minimum absolute atomic E-state index is 0.492. The van der Waals surface area contributed by atoms with Crippen LogP contribution >= 0.6 is 11.8 Å². The minimum Gasteiger partial charge on any atom is -0.259 e. The average molecular weight is 256 g/mol. The van der Waals surface area contributed by atoms with E-state index in [-0.39, 0.29) is 0 Å². The molecule has 0 aliphatic heterocycles. The maximum Gasteiger partial charge on any atom is 0.167 e. The van der Waals surface area contributed by atoms with Crippen molar-refractivity contribution in [1.29, 1.82) is 5.26 Å². The molecule has 0 atom stereocenters. The van der Waals surface area contributed by atoms with Gasteiger partial charge in [0.05, 0.1) is 0 Å². The van der Waals surface area contributed by atoms with Crippen molar-refractivity contribution in [1.82, 2.24) is 10.2 Å². The number of H-pyrrole nitrogens is 1. The predicted octanol–water partition coefficient (Wildman–Crippen LogP) is 3.06.